The van der Waals surface area contributed by atoms with Crippen LogP contribution >= 0.6 is 58.2 Å². The third kappa shape index (κ3) is 33.2. The lowest BCUT2D eigenvalue weighted by atomic mass is 9.79. The number of hydrogen-bond acceptors (Lipinski definition) is 28. The smallest absolute Gasteiger partial charge is 0.481 e. The fourth-order valence-corrected chi connectivity index (χ4v) is 18.6. The van der Waals surface area contributed by atoms with Gasteiger partial charge in [-0.2, -0.15) is 15.0 Å². The maximum atomic E-state index is 14.0. The molecule has 6 aromatic heterocycles. The number of amides is 2. The van der Waals surface area contributed by atoms with Crippen LogP contribution in [0.3, 0.4) is 0 Å². The normalized spacial score (nSPS) is 21.6. The molecule has 134 heavy (non-hydrogen) atoms. The number of anilines is 3. The van der Waals surface area contributed by atoms with Gasteiger partial charge in [-0.3, -0.25) is 24.0 Å². The molecule has 2 saturated heterocycles. The molecule has 5 aliphatic carbocycles. The second-order valence-electron chi connectivity index (χ2n) is 34.4. The van der Waals surface area contributed by atoms with E-state index >= 15 is 0 Å². The molecule has 15 rings (SSSR count). The Kier molecular flexibility index (Phi) is 42.6. The highest BCUT2D eigenvalue weighted by Gasteiger charge is 2.53. The zero-order valence-corrected chi connectivity index (χ0v) is 81.1. The van der Waals surface area contributed by atoms with E-state index < -0.39 is 63.4 Å². The van der Waals surface area contributed by atoms with Crippen molar-refractivity contribution in [3.8, 4) is 0 Å². The number of benzene rings is 2. The molecule has 0 bridgehead atoms. The van der Waals surface area contributed by atoms with E-state index in [0.717, 1.165) is 181 Å². The molecule has 10 atom stereocenters. The van der Waals surface area contributed by atoms with Crippen LogP contribution in [0.15, 0.2) is 108 Å². The molecule has 43 heteroatoms. The van der Waals surface area contributed by atoms with Crippen molar-refractivity contribution in [1.29, 1.82) is 0 Å². The molecule has 5 saturated carbocycles. The number of carboxylic acid groups (broad SMARTS) is 1. The summed E-state index contributed by atoms with van der Waals surface area (Å²) in [5.41, 5.74) is 6.98. The van der Waals surface area contributed by atoms with Gasteiger partial charge in [0.05, 0.1) is 90.6 Å². The number of thioether (sulfide) groups is 1. The third-order valence-corrected chi connectivity index (χ3v) is 27.0. The number of pyridine rings is 1. The van der Waals surface area contributed by atoms with Crippen molar-refractivity contribution in [3.05, 3.63) is 159 Å². The summed E-state index contributed by atoms with van der Waals surface area (Å²) < 4.78 is 127. The van der Waals surface area contributed by atoms with Gasteiger partial charge in [0.15, 0.2) is 46.4 Å². The fourth-order valence-electron chi connectivity index (χ4n) is 16.3. The standard InChI is InChI=1S/C20H22BFN2O4S.C18H24O4.C15H21ClFN5O.C13H17ClFN3O2.C11H13ClFN3O2.C9H17NO2.C5H4ClFN2S/c1-13-6-8-15(9-7-13)29(25,26)24-12-17(16-10-14(22)11-23-18(16)24)21-27-19(2,3)20(4,5)28-21;1-2-21-18(20)16-10-6-9-15(11-16)12-17(19)22-13-14-7-4-3-5-8-14;16-14-18-9-12(17)13(21-14)19-10-4-3-5-11(8-10)20-15(23)22-6-1-2-7-22;1-2-20-12(19)8-4-3-5-9(6-8)17-11-10(15)7-16-13(14)18-11;12-11-14-5-8(13)9(16-11)15-7-3-1-2-6(4-7)10(17)18;1-2-12-9(11)7-4-3-5-8(10)6-7;1-10-4-3(7)2-8-5(6)9-4/h6-12H,1-5H3;3-5,7-8,15-16H,2,6,9-13H2,1H3;9-11H,1-8H2,(H,20,23)(H,18,19,21);7-9H,2-6H2,1H3,(H,16,17,18);5-7H,1-4H2,(H,17,18)(H,14,15,16);7-8H,2-6,10H2,1H3;2H,1H3/t;15-,16+;10?,11-;8-,9?;6-,7?;7-,8+;/m.01111./s1. The van der Waals surface area contributed by atoms with E-state index in [1.54, 1.807) is 25.3 Å². The lowest BCUT2D eigenvalue weighted by Gasteiger charge is -2.32. The number of fused-ring (bicyclic) bond motifs is 1. The van der Waals surface area contributed by atoms with E-state index in [1.165, 1.54) is 36.2 Å². The van der Waals surface area contributed by atoms with Crippen LogP contribution in [-0.2, 0) is 68.9 Å². The second kappa shape index (κ2) is 52.7. The predicted octanol–water partition coefficient (Wildman–Crippen LogP) is 17.5. The molecule has 8 heterocycles. The zero-order valence-electron chi connectivity index (χ0n) is 76.5. The highest BCUT2D eigenvalue weighted by atomic mass is 35.5. The van der Waals surface area contributed by atoms with Gasteiger partial charge >= 0.3 is 43.0 Å². The Morgan fingerprint density at radius 3 is 1.49 bits per heavy atom. The average molecular weight is 1990 g/mol. The maximum absolute atomic E-state index is 14.0. The summed E-state index contributed by atoms with van der Waals surface area (Å²) in [6, 6.07) is 17.7. The molecule has 7 aliphatic rings. The second-order valence-corrected chi connectivity index (χ2v) is 38.3. The number of halogens is 9. The number of nitrogens with one attached hydrogen (secondary N) is 4. The molecule has 8 aromatic rings. The van der Waals surface area contributed by atoms with Gasteiger partial charge in [0.2, 0.25) is 21.1 Å². The number of likely N-dealkylation sites (tertiary alicyclic amines) is 1. The van der Waals surface area contributed by atoms with Gasteiger partial charge in [0, 0.05) is 66.8 Å². The molecule has 3 unspecified atom stereocenters. The van der Waals surface area contributed by atoms with Crippen molar-refractivity contribution in [2.75, 3.05) is 55.1 Å². The topological polar surface area (TPSA) is 410 Å². The number of aryl methyl sites for hydroxylation is 1. The summed E-state index contributed by atoms with van der Waals surface area (Å²) in [5, 5.41) is 21.7. The number of carbonyl (C=O) groups is 6. The van der Waals surface area contributed by atoms with Crippen molar-refractivity contribution in [1.82, 2.24) is 59.0 Å². The van der Waals surface area contributed by atoms with Gasteiger partial charge in [-0.15, -0.1) is 11.8 Å². The minimum absolute atomic E-state index is 0.00773. The van der Waals surface area contributed by atoms with Crippen LogP contribution in [-0.4, -0.2) is 191 Å². The summed E-state index contributed by atoms with van der Waals surface area (Å²) >= 11 is 23.5. The Labute approximate surface area is 802 Å². The van der Waals surface area contributed by atoms with Gasteiger partial charge < -0.3 is 65.3 Å². The number of rotatable bonds is 22. The summed E-state index contributed by atoms with van der Waals surface area (Å²) in [5.74, 6) is -4.04. The minimum Gasteiger partial charge on any atom is -0.481 e. The number of aliphatic carboxylic acids is 1. The van der Waals surface area contributed by atoms with Crippen molar-refractivity contribution < 1.29 is 92.5 Å². The molecule has 0 radical (unpaired) electrons. The van der Waals surface area contributed by atoms with Gasteiger partial charge in [-0.25, -0.2) is 69.0 Å². The van der Waals surface area contributed by atoms with Gasteiger partial charge in [-0.1, -0.05) is 73.7 Å². The molecule has 2 aromatic carbocycles. The molecular formula is C91H118BCl4F5N16O15S2. The van der Waals surface area contributed by atoms with Crippen LogP contribution in [0, 0.1) is 65.6 Å². The Morgan fingerprint density at radius 2 is 1.00 bits per heavy atom. The van der Waals surface area contributed by atoms with Crippen LogP contribution in [0.25, 0.3) is 11.0 Å². The largest absolute Gasteiger partial charge is 0.497 e. The lowest BCUT2D eigenvalue weighted by molar-refractivity contribution is -0.152. The van der Waals surface area contributed by atoms with E-state index in [9.17, 15) is 59.1 Å². The van der Waals surface area contributed by atoms with Crippen molar-refractivity contribution in [2.24, 2.45) is 35.3 Å². The first kappa shape index (κ1) is 108. The van der Waals surface area contributed by atoms with Crippen LogP contribution in [0.1, 0.15) is 207 Å². The van der Waals surface area contributed by atoms with Gasteiger partial charge in [0.1, 0.15) is 17.5 Å². The van der Waals surface area contributed by atoms with Crippen molar-refractivity contribution >= 4 is 145 Å². The van der Waals surface area contributed by atoms with E-state index in [2.05, 4.69) is 66.1 Å². The fraction of sp³-hybridized carbons (Fsp3) is 0.549. The van der Waals surface area contributed by atoms with Crippen molar-refractivity contribution in [3.63, 3.8) is 0 Å². The van der Waals surface area contributed by atoms with E-state index in [-0.39, 0.29) is 144 Å². The lowest BCUT2D eigenvalue weighted by Crippen LogP contribution is -2.47. The minimum atomic E-state index is -3.94. The number of hydrogen-bond donors (Lipinski definition) is 6. The molecule has 730 valence electrons. The summed E-state index contributed by atoms with van der Waals surface area (Å²) in [6.45, 7) is 18.2. The van der Waals surface area contributed by atoms with Crippen LogP contribution < -0.4 is 32.5 Å². The van der Waals surface area contributed by atoms with Crippen LogP contribution in [0.2, 0.25) is 21.1 Å². The average Bonchev–Trinajstić information content (AvgIpc) is 1.58. The Morgan fingerprint density at radius 1 is 0.552 bits per heavy atom. The molecule has 0 spiro atoms. The number of ether oxygens (including phenoxy) is 4. The number of nitrogens with two attached hydrogens (primary N) is 1. The first-order valence-corrected chi connectivity index (χ1v) is 49.2. The number of esters is 4. The van der Waals surface area contributed by atoms with Crippen molar-refractivity contribution in [2.45, 2.75) is 261 Å². The number of urea groups is 1. The summed E-state index contributed by atoms with van der Waals surface area (Å²) in [6.07, 6.45) is 27.7. The number of carboxylic acids is 1. The predicted molar refractivity (Wildman–Crippen MR) is 500 cm³/mol. The highest BCUT2D eigenvalue weighted by molar-refractivity contribution is 7.98. The first-order chi connectivity index (χ1) is 63.8. The van der Waals surface area contributed by atoms with Crippen LogP contribution in [0.5, 0.6) is 0 Å². The highest BCUT2D eigenvalue weighted by Crippen LogP contribution is 2.39. The maximum Gasteiger partial charge on any atom is 0.497 e. The molecule has 2 amide bonds. The molecule has 2 aliphatic heterocycles. The zero-order chi connectivity index (χ0) is 97.4. The van der Waals surface area contributed by atoms with E-state index in [1.807, 2.05) is 83.7 Å². The molecule has 31 nitrogen and oxygen atoms in total. The third-order valence-electron chi connectivity index (χ3n) is 23.9. The number of nitrogens with zero attached hydrogens (tertiary/aromatic N) is 11. The Balaban J connectivity index is 0.000000179. The quantitative estimate of drug-likeness (QED) is 0.00698. The Hall–Kier alpha value is -9.48. The SMILES string of the molecule is CCOC(=O)[C@@H]1CCCC(Nc2nc(Cl)ncc2F)C1.CCOC(=O)[C@@H]1CCC[C@H](CC(=O)OCc2ccccc2)C1.CCOC(=O)[C@@H]1CCC[C@H](N)C1.CSc1nc(Cl)ncc1F.Cc1ccc(S(=O)(=O)n2cc(B3OC(C)(C)C(C)(C)O3)c3cc(F)cnc32)cc1.O=C(N[C@@H]1CCCC(Nc2nc(Cl)ncc2F)C1)N1CCCC1.O=C(O)[C@@H]1CCCC(Nc2nc(Cl)ncc2F)C1. The molecular weight excluding hydrogens is 1870 g/mol. The van der Waals surface area contributed by atoms with Gasteiger partial charge in [0.25, 0.3) is 10.0 Å². The number of carbonyl (C=O) groups excluding carboxylic acids is 5. The summed E-state index contributed by atoms with van der Waals surface area (Å²) in [7, 11) is -4.79. The van der Waals surface area contributed by atoms with E-state index in [0.29, 0.717) is 63.0 Å². The first-order valence-electron chi connectivity index (χ1n) is 45.0. The molecule has 7 N–H and O–H groups in total. The number of aromatic nitrogens is 10. The van der Waals surface area contributed by atoms with Gasteiger partial charge in [-0.05, 0) is 253 Å². The molecule has 7 fully saturated rings. The Bertz CT molecular complexity index is 5300. The monoisotopic (exact) mass is 1980 g/mol. The van der Waals surface area contributed by atoms with E-state index in [4.69, 9.17) is 85.5 Å². The summed E-state index contributed by atoms with van der Waals surface area (Å²) in [4.78, 5) is 105. The van der Waals surface area contributed by atoms with Crippen LogP contribution in [0.4, 0.5) is 44.2 Å².